The highest BCUT2D eigenvalue weighted by molar-refractivity contribution is 5.75. The van der Waals surface area contributed by atoms with Gasteiger partial charge in [0.2, 0.25) is 0 Å². The highest BCUT2D eigenvalue weighted by Gasteiger charge is 2.09. The first-order valence-corrected chi connectivity index (χ1v) is 8.92. The van der Waals surface area contributed by atoms with Gasteiger partial charge in [0.25, 0.3) is 0 Å². The summed E-state index contributed by atoms with van der Waals surface area (Å²) < 4.78 is 4.01. The van der Waals surface area contributed by atoms with E-state index in [4.69, 9.17) is 5.10 Å². The fourth-order valence-electron chi connectivity index (χ4n) is 3.21. The fourth-order valence-corrected chi connectivity index (χ4v) is 3.21. The lowest BCUT2D eigenvalue weighted by Crippen LogP contribution is -2.08. The summed E-state index contributed by atoms with van der Waals surface area (Å²) >= 11 is 0. The molecule has 0 aliphatic rings. The van der Waals surface area contributed by atoms with Crippen LogP contribution in [0.1, 0.15) is 18.3 Å². The zero-order valence-electron chi connectivity index (χ0n) is 15.1. The molecule has 0 N–H and O–H groups in total. The topological polar surface area (TPSA) is 59.4 Å². The zero-order chi connectivity index (χ0) is 18.6. The second-order valence-electron chi connectivity index (χ2n) is 6.27. The van der Waals surface area contributed by atoms with E-state index in [-0.39, 0.29) is 0 Å². The third kappa shape index (κ3) is 3.38. The van der Waals surface area contributed by atoms with Crippen LogP contribution in [0.3, 0.4) is 0 Å². The van der Waals surface area contributed by atoms with E-state index >= 15 is 0 Å². The van der Waals surface area contributed by atoms with Crippen molar-refractivity contribution in [2.75, 3.05) is 0 Å². The minimum Gasteiger partial charge on any atom is -0.334 e. The van der Waals surface area contributed by atoms with Gasteiger partial charge >= 0.3 is 0 Å². The molecule has 5 nitrogen and oxygen atoms in total. The monoisotopic (exact) mass is 353 g/mol. The first-order chi connectivity index (χ1) is 13.3. The molecular formula is C22H19N5. The number of nitriles is 1. The first kappa shape index (κ1) is 16.8. The maximum atomic E-state index is 9.36. The van der Waals surface area contributed by atoms with Gasteiger partial charge in [-0.1, -0.05) is 36.4 Å². The number of aromatic nitrogens is 4. The van der Waals surface area contributed by atoms with E-state index in [2.05, 4.69) is 28.6 Å². The standard InChI is InChI=1S/C22H19N5/c1-2-26-13-11-24-22(26)16-27-12-10-21(25-27)18-8-5-7-17(14-18)20-9-4-3-6-19(20)15-23/h3-14H,2,16H2,1H3. The maximum absolute atomic E-state index is 9.36. The molecule has 2 aromatic heterocycles. The molecule has 4 aromatic rings. The Morgan fingerprint density at radius 1 is 1.00 bits per heavy atom. The molecule has 0 bridgehead atoms. The maximum Gasteiger partial charge on any atom is 0.130 e. The van der Waals surface area contributed by atoms with Gasteiger partial charge in [-0.3, -0.25) is 4.68 Å². The molecule has 0 atom stereocenters. The van der Waals surface area contributed by atoms with E-state index in [1.54, 1.807) is 0 Å². The van der Waals surface area contributed by atoms with Gasteiger partial charge < -0.3 is 4.57 Å². The highest BCUT2D eigenvalue weighted by atomic mass is 15.3. The van der Waals surface area contributed by atoms with Gasteiger partial charge in [0.05, 0.1) is 23.9 Å². The van der Waals surface area contributed by atoms with E-state index in [0.717, 1.165) is 34.8 Å². The van der Waals surface area contributed by atoms with Crippen molar-refractivity contribution in [3.8, 4) is 28.5 Å². The molecule has 0 aliphatic heterocycles. The number of rotatable bonds is 5. The Kier molecular flexibility index (Phi) is 4.54. The molecule has 0 radical (unpaired) electrons. The largest absolute Gasteiger partial charge is 0.334 e. The van der Waals surface area contributed by atoms with Crippen molar-refractivity contribution in [1.29, 1.82) is 5.26 Å². The quantitative estimate of drug-likeness (QED) is 0.536. The molecule has 0 aliphatic carbocycles. The van der Waals surface area contributed by atoms with E-state index in [1.807, 2.05) is 71.8 Å². The molecule has 0 saturated heterocycles. The van der Waals surface area contributed by atoms with Gasteiger partial charge in [-0.2, -0.15) is 10.4 Å². The molecule has 5 heteroatoms. The summed E-state index contributed by atoms with van der Waals surface area (Å²) in [7, 11) is 0. The van der Waals surface area contributed by atoms with Crippen LogP contribution < -0.4 is 0 Å². The molecule has 27 heavy (non-hydrogen) atoms. The van der Waals surface area contributed by atoms with E-state index in [9.17, 15) is 5.26 Å². The van der Waals surface area contributed by atoms with E-state index in [0.29, 0.717) is 12.1 Å². The lowest BCUT2D eigenvalue weighted by Gasteiger charge is -2.06. The van der Waals surface area contributed by atoms with Gasteiger partial charge in [0.15, 0.2) is 0 Å². The fraction of sp³-hybridized carbons (Fsp3) is 0.136. The average molecular weight is 353 g/mol. The van der Waals surface area contributed by atoms with Crippen molar-refractivity contribution in [1.82, 2.24) is 19.3 Å². The molecule has 0 amide bonds. The summed E-state index contributed by atoms with van der Waals surface area (Å²) in [5.74, 6) is 0.990. The van der Waals surface area contributed by atoms with Crippen molar-refractivity contribution in [3.63, 3.8) is 0 Å². The summed E-state index contributed by atoms with van der Waals surface area (Å²) in [6.07, 6.45) is 5.77. The summed E-state index contributed by atoms with van der Waals surface area (Å²) in [5.41, 5.74) is 4.55. The highest BCUT2D eigenvalue weighted by Crippen LogP contribution is 2.27. The molecule has 4 rings (SSSR count). The number of benzene rings is 2. The second-order valence-corrected chi connectivity index (χ2v) is 6.27. The van der Waals surface area contributed by atoms with E-state index < -0.39 is 0 Å². The Morgan fingerprint density at radius 3 is 2.70 bits per heavy atom. The van der Waals surface area contributed by atoms with Crippen LogP contribution in [0, 0.1) is 11.3 Å². The minimum absolute atomic E-state index is 0.637. The van der Waals surface area contributed by atoms with Gasteiger partial charge in [-0.15, -0.1) is 0 Å². The summed E-state index contributed by atoms with van der Waals surface area (Å²) in [6, 6.07) is 20.1. The number of hydrogen-bond acceptors (Lipinski definition) is 3. The number of imidazole rings is 1. The van der Waals surface area contributed by atoms with Crippen LogP contribution in [0.5, 0.6) is 0 Å². The molecule has 2 heterocycles. The van der Waals surface area contributed by atoms with Crippen LogP contribution in [-0.2, 0) is 13.1 Å². The van der Waals surface area contributed by atoms with Gasteiger partial charge in [0.1, 0.15) is 5.82 Å². The molecule has 0 unspecified atom stereocenters. The van der Waals surface area contributed by atoms with Crippen LogP contribution in [0.2, 0.25) is 0 Å². The summed E-state index contributed by atoms with van der Waals surface area (Å²) in [4.78, 5) is 4.41. The first-order valence-electron chi connectivity index (χ1n) is 8.92. The SMILES string of the molecule is CCn1ccnc1Cn1ccc(-c2cccc(-c3ccccc3C#N)c2)n1. The Labute approximate surface area is 158 Å². The van der Waals surface area contributed by atoms with E-state index in [1.165, 1.54) is 0 Å². The predicted molar refractivity (Wildman–Crippen MR) is 105 cm³/mol. The summed E-state index contributed by atoms with van der Waals surface area (Å²) in [6.45, 7) is 3.63. The second kappa shape index (κ2) is 7.30. The van der Waals surface area contributed by atoms with Gasteiger partial charge in [-0.25, -0.2) is 4.98 Å². The van der Waals surface area contributed by atoms with Crippen LogP contribution >= 0.6 is 0 Å². The Morgan fingerprint density at radius 2 is 1.85 bits per heavy atom. The third-order valence-corrected chi connectivity index (χ3v) is 4.60. The normalized spacial score (nSPS) is 10.7. The van der Waals surface area contributed by atoms with Crippen molar-refractivity contribution >= 4 is 0 Å². The lowest BCUT2D eigenvalue weighted by molar-refractivity contribution is 0.608. The molecule has 0 saturated carbocycles. The molecule has 132 valence electrons. The van der Waals surface area contributed by atoms with Crippen LogP contribution in [-0.4, -0.2) is 19.3 Å². The number of hydrogen-bond donors (Lipinski definition) is 0. The Balaban J connectivity index is 1.64. The number of nitrogens with zero attached hydrogens (tertiary/aromatic N) is 5. The third-order valence-electron chi connectivity index (χ3n) is 4.60. The Hall–Kier alpha value is -3.65. The van der Waals surface area contributed by atoms with Crippen molar-refractivity contribution < 1.29 is 0 Å². The van der Waals surface area contributed by atoms with Gasteiger partial charge in [0, 0.05) is 30.7 Å². The predicted octanol–water partition coefficient (Wildman–Crippen LogP) is 4.35. The van der Waals surface area contributed by atoms with Crippen molar-refractivity contribution in [2.45, 2.75) is 20.0 Å². The summed E-state index contributed by atoms with van der Waals surface area (Å²) in [5, 5.41) is 14.1. The average Bonchev–Trinajstić information content (AvgIpc) is 3.37. The number of aryl methyl sites for hydroxylation is 1. The van der Waals surface area contributed by atoms with Crippen LogP contribution in [0.4, 0.5) is 0 Å². The smallest absolute Gasteiger partial charge is 0.130 e. The van der Waals surface area contributed by atoms with Crippen LogP contribution in [0.25, 0.3) is 22.4 Å². The Bertz CT molecular complexity index is 1110. The lowest BCUT2D eigenvalue weighted by atomic mass is 9.98. The zero-order valence-corrected chi connectivity index (χ0v) is 15.1. The molecular weight excluding hydrogens is 334 g/mol. The molecule has 0 spiro atoms. The van der Waals surface area contributed by atoms with Gasteiger partial charge in [-0.05, 0) is 36.2 Å². The van der Waals surface area contributed by atoms with Crippen molar-refractivity contribution in [2.24, 2.45) is 0 Å². The van der Waals surface area contributed by atoms with Crippen LogP contribution in [0.15, 0.2) is 73.2 Å². The molecule has 0 fully saturated rings. The minimum atomic E-state index is 0.637. The van der Waals surface area contributed by atoms with Crippen molar-refractivity contribution in [3.05, 3.63) is 84.6 Å². The molecule has 2 aromatic carbocycles.